The van der Waals surface area contributed by atoms with Crippen LogP contribution in [0.15, 0.2) is 35.5 Å². The van der Waals surface area contributed by atoms with Gasteiger partial charge in [-0.1, -0.05) is 11.6 Å². The fourth-order valence-corrected chi connectivity index (χ4v) is 4.92. The summed E-state index contributed by atoms with van der Waals surface area (Å²) in [5.74, 6) is 2.28. The number of allylic oxidation sites excluding steroid dienone is 2. The summed E-state index contributed by atoms with van der Waals surface area (Å²) in [5, 5.41) is 4.84. The van der Waals surface area contributed by atoms with Crippen molar-refractivity contribution in [1.29, 1.82) is 0 Å². The van der Waals surface area contributed by atoms with Crippen LogP contribution in [-0.2, 0) is 0 Å². The van der Waals surface area contributed by atoms with Gasteiger partial charge < -0.3 is 10.3 Å². The zero-order valence-electron chi connectivity index (χ0n) is 12.2. The van der Waals surface area contributed by atoms with Crippen LogP contribution < -0.4 is 5.32 Å². The summed E-state index contributed by atoms with van der Waals surface area (Å²) in [5.41, 5.74) is 4.32. The van der Waals surface area contributed by atoms with Crippen LogP contribution in [0.4, 0.5) is 0 Å². The first kappa shape index (κ1) is 12.8. The summed E-state index contributed by atoms with van der Waals surface area (Å²) in [4.78, 5) is 15.7. The minimum Gasteiger partial charge on any atom is -0.351 e. The molecule has 7 rings (SSSR count). The van der Waals surface area contributed by atoms with Crippen molar-refractivity contribution in [2.24, 2.45) is 17.8 Å². The standard InChI is InChI=1S/C18H17ClN2O/c19-13-1-2-14-10(7-13)8-16(20-14)18(22)21-15-5-9-3-11-6-12(4-9)17(11)15/h1-2,7-9,11-12,20H,3-6H2,(H,21,22). The van der Waals surface area contributed by atoms with Crippen molar-refractivity contribution >= 4 is 28.4 Å². The van der Waals surface area contributed by atoms with Gasteiger partial charge in [0.05, 0.1) is 0 Å². The van der Waals surface area contributed by atoms with Crippen LogP contribution in [0, 0.1) is 17.8 Å². The molecule has 3 nitrogen and oxygen atoms in total. The topological polar surface area (TPSA) is 44.9 Å². The molecule has 1 aromatic carbocycles. The molecule has 3 fully saturated rings. The Morgan fingerprint density at radius 2 is 2.00 bits per heavy atom. The highest BCUT2D eigenvalue weighted by Crippen LogP contribution is 2.58. The van der Waals surface area contributed by atoms with E-state index in [9.17, 15) is 4.79 Å². The number of carbonyl (C=O) groups excluding carboxylic acids is 1. The minimum atomic E-state index is -0.0261. The Morgan fingerprint density at radius 3 is 2.77 bits per heavy atom. The number of carbonyl (C=O) groups is 1. The number of nitrogens with one attached hydrogen (secondary N) is 2. The first-order valence-electron chi connectivity index (χ1n) is 8.00. The lowest BCUT2D eigenvalue weighted by molar-refractivity contribution is 0.0916. The molecule has 112 valence electrons. The maximum Gasteiger partial charge on any atom is 0.271 e. The van der Waals surface area contributed by atoms with Gasteiger partial charge in [0.25, 0.3) is 5.91 Å². The Labute approximate surface area is 133 Å². The van der Waals surface area contributed by atoms with Gasteiger partial charge in [-0.15, -0.1) is 0 Å². The number of halogens is 1. The Hall–Kier alpha value is -1.74. The fraction of sp³-hybridized carbons (Fsp3) is 0.389. The maximum atomic E-state index is 12.6. The van der Waals surface area contributed by atoms with Crippen molar-refractivity contribution < 1.29 is 4.79 Å². The normalized spacial score (nSPS) is 28.9. The van der Waals surface area contributed by atoms with Gasteiger partial charge in [0.15, 0.2) is 0 Å². The average molecular weight is 313 g/mol. The van der Waals surface area contributed by atoms with Crippen LogP contribution in [-0.4, -0.2) is 10.9 Å². The SMILES string of the molecule is O=C(NC1=C2C3CC(C1)CC2C3)c1cc2cc(Cl)ccc2[nH]1. The van der Waals surface area contributed by atoms with E-state index in [1.807, 2.05) is 24.3 Å². The zero-order valence-corrected chi connectivity index (χ0v) is 12.9. The second kappa shape index (κ2) is 4.39. The highest BCUT2D eigenvalue weighted by molar-refractivity contribution is 6.31. The maximum absolute atomic E-state index is 12.6. The van der Waals surface area contributed by atoms with E-state index in [2.05, 4.69) is 10.3 Å². The summed E-state index contributed by atoms with van der Waals surface area (Å²) < 4.78 is 0. The lowest BCUT2D eigenvalue weighted by atomic mass is 9.53. The van der Waals surface area contributed by atoms with Gasteiger partial charge in [-0.2, -0.15) is 0 Å². The van der Waals surface area contributed by atoms with Crippen molar-refractivity contribution in [3.05, 3.63) is 46.3 Å². The van der Waals surface area contributed by atoms with Crippen LogP contribution in [0.3, 0.4) is 0 Å². The largest absolute Gasteiger partial charge is 0.351 e. The Bertz CT molecular complexity index is 821. The molecule has 0 spiro atoms. The summed E-state index contributed by atoms with van der Waals surface area (Å²) in [6.07, 6.45) is 5.09. The molecule has 5 aliphatic carbocycles. The molecule has 1 amide bonds. The second-order valence-electron chi connectivity index (χ2n) is 6.97. The molecule has 2 unspecified atom stereocenters. The lowest BCUT2D eigenvalue weighted by Crippen LogP contribution is -2.45. The van der Waals surface area contributed by atoms with Crippen LogP contribution >= 0.6 is 11.6 Å². The van der Waals surface area contributed by atoms with Gasteiger partial charge in [-0.25, -0.2) is 0 Å². The third kappa shape index (κ3) is 1.78. The molecule has 4 heteroatoms. The third-order valence-electron chi connectivity index (χ3n) is 5.62. The summed E-state index contributed by atoms with van der Waals surface area (Å²) in [7, 11) is 0. The number of aromatic nitrogens is 1. The Balaban J connectivity index is 1.44. The third-order valence-corrected chi connectivity index (χ3v) is 5.85. The van der Waals surface area contributed by atoms with Crippen molar-refractivity contribution in [3.63, 3.8) is 0 Å². The summed E-state index contributed by atoms with van der Waals surface area (Å²) in [6.45, 7) is 0. The first-order valence-corrected chi connectivity index (χ1v) is 8.38. The second-order valence-corrected chi connectivity index (χ2v) is 7.41. The lowest BCUT2D eigenvalue weighted by Gasteiger charge is -2.53. The van der Waals surface area contributed by atoms with Crippen LogP contribution in [0.2, 0.25) is 5.02 Å². The fourth-order valence-electron chi connectivity index (χ4n) is 4.74. The van der Waals surface area contributed by atoms with Crippen LogP contribution in [0.25, 0.3) is 10.9 Å². The van der Waals surface area contributed by atoms with E-state index in [1.165, 1.54) is 25.0 Å². The van der Waals surface area contributed by atoms with Gasteiger partial charge in [0, 0.05) is 21.6 Å². The van der Waals surface area contributed by atoms with Gasteiger partial charge in [-0.3, -0.25) is 4.79 Å². The number of benzene rings is 1. The number of rotatable bonds is 2. The van der Waals surface area contributed by atoms with Gasteiger partial charge >= 0.3 is 0 Å². The molecular weight excluding hydrogens is 296 g/mol. The van der Waals surface area contributed by atoms with E-state index in [1.54, 1.807) is 5.57 Å². The smallest absolute Gasteiger partial charge is 0.271 e. The zero-order chi connectivity index (χ0) is 14.8. The molecule has 0 radical (unpaired) electrons. The predicted molar refractivity (Wildman–Crippen MR) is 86.7 cm³/mol. The molecule has 0 aliphatic heterocycles. The van der Waals surface area contributed by atoms with Gasteiger partial charge in [0.1, 0.15) is 5.69 Å². The van der Waals surface area contributed by atoms with Crippen molar-refractivity contribution in [1.82, 2.24) is 10.3 Å². The molecule has 2 atom stereocenters. The van der Waals surface area contributed by atoms with E-state index in [0.29, 0.717) is 10.7 Å². The monoisotopic (exact) mass is 312 g/mol. The summed E-state index contributed by atoms with van der Waals surface area (Å²) in [6, 6.07) is 7.50. The highest BCUT2D eigenvalue weighted by Gasteiger charge is 2.48. The number of H-pyrrole nitrogens is 1. The van der Waals surface area contributed by atoms with E-state index in [0.717, 1.165) is 35.1 Å². The van der Waals surface area contributed by atoms with Crippen molar-refractivity contribution in [2.75, 3.05) is 0 Å². The highest BCUT2D eigenvalue weighted by atomic mass is 35.5. The Morgan fingerprint density at radius 1 is 1.18 bits per heavy atom. The molecule has 2 N–H and O–H groups in total. The van der Waals surface area contributed by atoms with E-state index in [4.69, 9.17) is 11.6 Å². The number of hydrogen-bond donors (Lipinski definition) is 2. The Kier molecular flexibility index (Phi) is 2.55. The molecule has 4 bridgehead atoms. The molecule has 0 saturated heterocycles. The number of fused-ring (bicyclic) bond motifs is 2. The molecule has 22 heavy (non-hydrogen) atoms. The molecule has 5 aliphatic rings. The van der Waals surface area contributed by atoms with Gasteiger partial charge in [0.2, 0.25) is 0 Å². The predicted octanol–water partition coefficient (Wildman–Crippen LogP) is 4.26. The quantitative estimate of drug-likeness (QED) is 0.855. The molecule has 1 aromatic heterocycles. The first-order chi connectivity index (χ1) is 10.7. The molecule has 1 heterocycles. The minimum absolute atomic E-state index is 0.0261. The van der Waals surface area contributed by atoms with Crippen LogP contribution in [0.1, 0.15) is 36.2 Å². The summed E-state index contributed by atoms with van der Waals surface area (Å²) >= 11 is 6.00. The number of hydrogen-bond acceptors (Lipinski definition) is 1. The molecule has 3 saturated carbocycles. The van der Waals surface area contributed by atoms with Crippen molar-refractivity contribution in [3.8, 4) is 0 Å². The van der Waals surface area contributed by atoms with E-state index in [-0.39, 0.29) is 5.91 Å². The van der Waals surface area contributed by atoms with E-state index < -0.39 is 0 Å². The molecular formula is C18H17ClN2O. The average Bonchev–Trinajstić information content (AvgIpc) is 2.89. The van der Waals surface area contributed by atoms with Crippen molar-refractivity contribution in [2.45, 2.75) is 25.7 Å². The number of amides is 1. The van der Waals surface area contributed by atoms with E-state index >= 15 is 0 Å². The van der Waals surface area contributed by atoms with Crippen LogP contribution in [0.5, 0.6) is 0 Å². The van der Waals surface area contributed by atoms with Gasteiger partial charge in [-0.05, 0) is 73.3 Å². The number of aromatic amines is 1. The molecule has 2 aromatic rings.